The van der Waals surface area contributed by atoms with Gasteiger partial charge in [0, 0.05) is 21.8 Å². The smallest absolute Gasteiger partial charge is 0.235 e. The number of amides is 1. The van der Waals surface area contributed by atoms with Crippen molar-refractivity contribution in [3.8, 4) is 17.7 Å². The van der Waals surface area contributed by atoms with Crippen LogP contribution in [0.5, 0.6) is 0 Å². The number of nitriles is 1. The molecule has 0 bridgehead atoms. The second-order valence-electron chi connectivity index (χ2n) is 7.71. The maximum Gasteiger partial charge on any atom is 0.235 e. The highest BCUT2D eigenvalue weighted by atomic mass is 35.5. The van der Waals surface area contributed by atoms with Gasteiger partial charge in [-0.05, 0) is 62.4 Å². The van der Waals surface area contributed by atoms with Crippen molar-refractivity contribution in [2.75, 3.05) is 11.1 Å². The van der Waals surface area contributed by atoms with Gasteiger partial charge in [-0.3, -0.25) is 9.36 Å². The van der Waals surface area contributed by atoms with Crippen LogP contribution in [0.25, 0.3) is 22.6 Å². The lowest BCUT2D eigenvalue weighted by atomic mass is 9.96. The number of aromatic nitrogens is 3. The average Bonchev–Trinajstić information content (AvgIpc) is 3.50. The number of anilines is 1. The molecule has 1 aromatic carbocycles. The molecule has 0 saturated heterocycles. The molecule has 0 atom stereocenters. The molecule has 7 nitrogen and oxygen atoms in total. The van der Waals surface area contributed by atoms with Crippen LogP contribution in [-0.2, 0) is 24.2 Å². The van der Waals surface area contributed by atoms with Crippen molar-refractivity contribution in [1.29, 1.82) is 5.26 Å². The minimum Gasteiger partial charge on any atom is -0.453 e. The summed E-state index contributed by atoms with van der Waals surface area (Å²) in [4.78, 5) is 13.9. The van der Waals surface area contributed by atoms with Crippen LogP contribution in [0.2, 0.25) is 5.02 Å². The summed E-state index contributed by atoms with van der Waals surface area (Å²) < 4.78 is 7.85. The van der Waals surface area contributed by atoms with E-state index in [4.69, 9.17) is 16.0 Å². The summed E-state index contributed by atoms with van der Waals surface area (Å²) in [6.45, 7) is 2.62. The number of thioether (sulfide) groups is 1. The molecule has 1 aliphatic carbocycles. The van der Waals surface area contributed by atoms with E-state index in [1.54, 1.807) is 6.07 Å². The summed E-state index contributed by atoms with van der Waals surface area (Å²) in [5.74, 6) is 1.20. The highest BCUT2D eigenvalue weighted by molar-refractivity contribution is 7.99. The normalized spacial score (nSPS) is 13.1. The Kier molecular flexibility index (Phi) is 6.15. The minimum absolute atomic E-state index is 0.166. The van der Waals surface area contributed by atoms with Gasteiger partial charge in [0.25, 0.3) is 0 Å². The van der Waals surface area contributed by atoms with Crippen molar-refractivity contribution in [3.63, 3.8) is 0 Å². The van der Waals surface area contributed by atoms with Crippen molar-refractivity contribution < 1.29 is 9.21 Å². The van der Waals surface area contributed by atoms with Crippen LogP contribution < -0.4 is 5.32 Å². The third-order valence-corrected chi connectivity index (χ3v) is 8.01. The number of nitrogens with one attached hydrogen (secondary N) is 1. The lowest BCUT2D eigenvalue weighted by molar-refractivity contribution is -0.113. The van der Waals surface area contributed by atoms with Gasteiger partial charge in [-0.1, -0.05) is 23.4 Å². The van der Waals surface area contributed by atoms with Crippen molar-refractivity contribution in [1.82, 2.24) is 14.8 Å². The van der Waals surface area contributed by atoms with Crippen LogP contribution >= 0.6 is 34.7 Å². The largest absolute Gasteiger partial charge is 0.453 e. The third-order valence-electron chi connectivity index (χ3n) is 5.60. The van der Waals surface area contributed by atoms with Gasteiger partial charge in [0.15, 0.2) is 10.9 Å². The maximum atomic E-state index is 12.7. The first-order chi connectivity index (χ1) is 16.1. The number of nitrogens with zero attached hydrogens (tertiary/aromatic N) is 4. The van der Waals surface area contributed by atoms with Crippen molar-refractivity contribution >= 4 is 56.6 Å². The molecule has 5 rings (SSSR count). The molecule has 0 radical (unpaired) electrons. The van der Waals surface area contributed by atoms with Crippen LogP contribution in [-0.4, -0.2) is 26.4 Å². The Bertz CT molecular complexity index is 1400. The summed E-state index contributed by atoms with van der Waals surface area (Å²) in [5.41, 5.74) is 2.46. The molecule has 3 aromatic heterocycles. The number of rotatable bonds is 6. The predicted molar refractivity (Wildman–Crippen MR) is 131 cm³/mol. The zero-order chi connectivity index (χ0) is 22.9. The molecule has 1 amide bonds. The lowest BCUT2D eigenvalue weighted by Gasteiger charge is -2.09. The highest BCUT2D eigenvalue weighted by Gasteiger charge is 2.22. The Morgan fingerprint density at radius 2 is 2.18 bits per heavy atom. The number of hydrogen-bond acceptors (Lipinski definition) is 7. The van der Waals surface area contributed by atoms with Gasteiger partial charge < -0.3 is 9.73 Å². The van der Waals surface area contributed by atoms with Gasteiger partial charge in [0.2, 0.25) is 11.7 Å². The third kappa shape index (κ3) is 4.26. The molecule has 4 aromatic rings. The van der Waals surface area contributed by atoms with E-state index in [2.05, 4.69) is 21.6 Å². The predicted octanol–water partition coefficient (Wildman–Crippen LogP) is 5.91. The topological polar surface area (TPSA) is 96.7 Å². The molecule has 1 aliphatic rings. The highest BCUT2D eigenvalue weighted by Crippen LogP contribution is 2.38. The fraction of sp³-hybridized carbons (Fsp3) is 0.304. The molecule has 168 valence electrons. The van der Waals surface area contributed by atoms with E-state index in [9.17, 15) is 10.1 Å². The Morgan fingerprint density at radius 1 is 1.33 bits per heavy atom. The average molecular weight is 498 g/mol. The van der Waals surface area contributed by atoms with Crippen molar-refractivity contribution in [2.45, 2.75) is 44.3 Å². The van der Waals surface area contributed by atoms with Crippen LogP contribution in [0.4, 0.5) is 5.00 Å². The lowest BCUT2D eigenvalue weighted by Crippen LogP contribution is -2.14. The van der Waals surface area contributed by atoms with Crippen molar-refractivity contribution in [2.24, 2.45) is 0 Å². The SMILES string of the molecule is CCn1c(SCC(=O)Nc2sc3c(c2C#N)CCCC3)nnc1-c1cc2cc(Cl)ccc2o1. The van der Waals surface area contributed by atoms with Crippen molar-refractivity contribution in [3.05, 3.63) is 45.3 Å². The fourth-order valence-corrected chi connectivity index (χ4v) is 6.29. The standard InChI is InChI=1S/C23H20ClN5O2S2/c1-2-29-21(18-10-13-9-14(24)7-8-17(13)31-18)27-28-23(29)32-12-20(30)26-22-16(11-25)15-5-3-4-6-19(15)33-22/h7-10H,2-6,12H2,1H3,(H,26,30). The van der Waals surface area contributed by atoms with Gasteiger partial charge >= 0.3 is 0 Å². The number of halogens is 1. The zero-order valence-electron chi connectivity index (χ0n) is 17.9. The number of carbonyl (C=O) groups is 1. The number of aryl methyl sites for hydroxylation is 1. The number of thiophene rings is 1. The number of hydrogen-bond donors (Lipinski definition) is 1. The van der Waals surface area contributed by atoms with Crippen LogP contribution in [0.15, 0.2) is 33.8 Å². The molecular formula is C23H20ClN5O2S2. The molecule has 1 N–H and O–H groups in total. The quantitative estimate of drug-likeness (QED) is 0.333. The van der Waals surface area contributed by atoms with Gasteiger partial charge in [-0.15, -0.1) is 21.5 Å². The van der Waals surface area contributed by atoms with Gasteiger partial charge in [-0.25, -0.2) is 0 Å². The van der Waals surface area contributed by atoms with Crippen LogP contribution in [0.3, 0.4) is 0 Å². The maximum absolute atomic E-state index is 12.7. The van der Waals surface area contributed by atoms with E-state index in [-0.39, 0.29) is 11.7 Å². The fourth-order valence-electron chi connectivity index (χ4n) is 4.05. The minimum atomic E-state index is -0.166. The summed E-state index contributed by atoms with van der Waals surface area (Å²) in [7, 11) is 0. The first-order valence-electron chi connectivity index (χ1n) is 10.7. The van der Waals surface area contributed by atoms with E-state index >= 15 is 0 Å². The second kappa shape index (κ2) is 9.21. The second-order valence-corrected chi connectivity index (χ2v) is 10.2. The summed E-state index contributed by atoms with van der Waals surface area (Å²) in [6.07, 6.45) is 4.12. The number of benzene rings is 1. The van der Waals surface area contributed by atoms with Gasteiger partial charge in [0.1, 0.15) is 16.7 Å². The molecule has 0 spiro atoms. The molecule has 0 unspecified atom stereocenters. The molecule has 10 heteroatoms. The number of carbonyl (C=O) groups excluding carboxylic acids is 1. The molecule has 0 fully saturated rings. The van der Waals surface area contributed by atoms with E-state index in [1.807, 2.05) is 29.7 Å². The van der Waals surface area contributed by atoms with E-state index in [1.165, 1.54) is 28.0 Å². The van der Waals surface area contributed by atoms with E-state index in [0.29, 0.717) is 38.9 Å². The molecular weight excluding hydrogens is 478 g/mol. The van der Waals surface area contributed by atoms with Gasteiger partial charge in [-0.2, -0.15) is 5.26 Å². The zero-order valence-corrected chi connectivity index (χ0v) is 20.2. The van der Waals surface area contributed by atoms with Crippen LogP contribution in [0.1, 0.15) is 35.8 Å². The van der Waals surface area contributed by atoms with E-state index < -0.39 is 0 Å². The molecule has 3 heterocycles. The Balaban J connectivity index is 1.31. The molecule has 0 aliphatic heterocycles. The summed E-state index contributed by atoms with van der Waals surface area (Å²) >= 11 is 8.92. The Morgan fingerprint density at radius 3 is 3.00 bits per heavy atom. The molecule has 33 heavy (non-hydrogen) atoms. The summed E-state index contributed by atoms with van der Waals surface area (Å²) in [5, 5.41) is 23.9. The molecule has 0 saturated carbocycles. The Labute approximate surface area is 203 Å². The Hall–Kier alpha value is -2.80. The first-order valence-corrected chi connectivity index (χ1v) is 12.8. The summed E-state index contributed by atoms with van der Waals surface area (Å²) in [6, 6.07) is 9.62. The number of fused-ring (bicyclic) bond motifs is 2. The van der Waals surface area contributed by atoms with Crippen LogP contribution in [0, 0.1) is 11.3 Å². The van der Waals surface area contributed by atoms with E-state index in [0.717, 1.165) is 42.2 Å². The number of furan rings is 1. The first kappa shape index (κ1) is 22.0. The van der Waals surface area contributed by atoms with Gasteiger partial charge in [0.05, 0.1) is 11.3 Å². The monoisotopic (exact) mass is 497 g/mol.